The number of halogens is 3. The maximum Gasteiger partial charge on any atom is 0.417 e. The Morgan fingerprint density at radius 2 is 1.89 bits per heavy atom. The predicted molar refractivity (Wildman–Crippen MR) is 127 cm³/mol. The first-order valence-electron chi connectivity index (χ1n) is 11.5. The summed E-state index contributed by atoms with van der Waals surface area (Å²) in [7, 11) is 0. The predicted octanol–water partition coefficient (Wildman–Crippen LogP) is 4.30. The van der Waals surface area contributed by atoms with Crippen LogP contribution in [0.5, 0.6) is 0 Å². The van der Waals surface area contributed by atoms with Crippen molar-refractivity contribution in [2.75, 3.05) is 18.4 Å². The number of anilines is 1. The number of ether oxygens (including phenoxy) is 1. The number of nitrogens with one attached hydrogen (secondary N) is 1. The van der Waals surface area contributed by atoms with Crippen LogP contribution in [-0.2, 0) is 10.9 Å². The third-order valence-electron chi connectivity index (χ3n) is 6.02. The minimum Gasteiger partial charge on any atom is -0.372 e. The molecule has 0 radical (unpaired) electrons. The van der Waals surface area contributed by atoms with Gasteiger partial charge in [0, 0.05) is 37.4 Å². The van der Waals surface area contributed by atoms with Gasteiger partial charge >= 0.3 is 6.18 Å². The minimum atomic E-state index is -4.46. The van der Waals surface area contributed by atoms with Gasteiger partial charge in [-0.25, -0.2) is 19.9 Å². The molecule has 1 N–H and O–H groups in total. The molecule has 4 rings (SSSR count). The number of morpholine rings is 1. The lowest BCUT2D eigenvalue weighted by molar-refractivity contribution is -0.137. The van der Waals surface area contributed by atoms with E-state index in [4.69, 9.17) is 4.74 Å². The molecule has 3 aromatic heterocycles. The fourth-order valence-electron chi connectivity index (χ4n) is 4.39. The van der Waals surface area contributed by atoms with Gasteiger partial charge in [-0.1, -0.05) is 0 Å². The van der Waals surface area contributed by atoms with Crippen LogP contribution in [0.3, 0.4) is 0 Å². The van der Waals surface area contributed by atoms with E-state index in [1.807, 2.05) is 33.8 Å². The van der Waals surface area contributed by atoms with Gasteiger partial charge in [-0.3, -0.25) is 4.79 Å². The molecule has 0 spiro atoms. The molecule has 1 aliphatic rings. The Kier molecular flexibility index (Phi) is 7.21. The van der Waals surface area contributed by atoms with Crippen molar-refractivity contribution in [3.05, 3.63) is 65.4 Å². The number of alkyl halides is 3. The number of nitrogens with zero attached hydrogens (tertiary/aromatic N) is 5. The van der Waals surface area contributed by atoms with Crippen LogP contribution < -0.4 is 5.32 Å². The van der Waals surface area contributed by atoms with E-state index in [1.54, 1.807) is 23.4 Å². The molecule has 36 heavy (non-hydrogen) atoms. The van der Waals surface area contributed by atoms with E-state index in [2.05, 4.69) is 25.3 Å². The minimum absolute atomic E-state index is 0.216. The number of aryl methyl sites for hydroxylation is 2. The highest BCUT2D eigenvalue weighted by Gasteiger charge is 2.38. The van der Waals surface area contributed by atoms with Crippen LogP contribution in [-0.4, -0.2) is 62.1 Å². The molecule has 190 valence electrons. The van der Waals surface area contributed by atoms with Crippen molar-refractivity contribution in [2.24, 2.45) is 0 Å². The lowest BCUT2D eigenvalue weighted by Gasteiger charge is -2.43. The maximum atomic E-state index is 14.0. The topological polar surface area (TPSA) is 93.1 Å². The van der Waals surface area contributed by atoms with Gasteiger partial charge in [0.2, 0.25) is 0 Å². The van der Waals surface area contributed by atoms with Gasteiger partial charge < -0.3 is 15.0 Å². The van der Waals surface area contributed by atoms with E-state index in [0.29, 0.717) is 23.6 Å². The fraction of sp³-hybridized carbons (Fsp3) is 0.400. The second-order valence-electron chi connectivity index (χ2n) is 8.86. The molecule has 3 atom stereocenters. The molecule has 1 fully saturated rings. The lowest BCUT2D eigenvalue weighted by Crippen LogP contribution is -2.58. The van der Waals surface area contributed by atoms with E-state index in [1.165, 1.54) is 6.07 Å². The van der Waals surface area contributed by atoms with Gasteiger partial charge in [-0.15, -0.1) is 0 Å². The molecule has 0 saturated carbocycles. The van der Waals surface area contributed by atoms with E-state index in [9.17, 15) is 18.0 Å². The summed E-state index contributed by atoms with van der Waals surface area (Å²) in [6, 6.07) is 5.38. The summed E-state index contributed by atoms with van der Waals surface area (Å²) >= 11 is 0. The second kappa shape index (κ2) is 10.2. The Bertz CT molecular complexity index is 1220. The quantitative estimate of drug-likeness (QED) is 0.558. The van der Waals surface area contributed by atoms with Crippen molar-refractivity contribution in [1.82, 2.24) is 24.8 Å². The number of hydrogen-bond acceptors (Lipinski definition) is 7. The van der Waals surface area contributed by atoms with Crippen molar-refractivity contribution in [2.45, 2.75) is 52.1 Å². The van der Waals surface area contributed by atoms with Crippen molar-refractivity contribution in [1.29, 1.82) is 0 Å². The molecular formula is C25H27F3N6O2. The Hall–Kier alpha value is -3.60. The molecule has 4 heterocycles. The van der Waals surface area contributed by atoms with Gasteiger partial charge in [-0.2, -0.15) is 13.2 Å². The van der Waals surface area contributed by atoms with Gasteiger partial charge in [0.15, 0.2) is 5.82 Å². The summed E-state index contributed by atoms with van der Waals surface area (Å²) in [6.45, 7) is 7.99. The van der Waals surface area contributed by atoms with Crippen LogP contribution in [0.25, 0.3) is 11.4 Å². The zero-order chi connectivity index (χ0) is 26.0. The smallest absolute Gasteiger partial charge is 0.372 e. The van der Waals surface area contributed by atoms with Crippen LogP contribution in [0, 0.1) is 13.8 Å². The number of pyridine rings is 2. The lowest BCUT2D eigenvalue weighted by atomic mass is 10.0. The van der Waals surface area contributed by atoms with Crippen LogP contribution >= 0.6 is 0 Å². The van der Waals surface area contributed by atoms with Crippen LogP contribution in [0.2, 0.25) is 0 Å². The highest BCUT2D eigenvalue weighted by Crippen LogP contribution is 2.30. The average molecular weight is 501 g/mol. The highest BCUT2D eigenvalue weighted by molar-refractivity contribution is 5.99. The third kappa shape index (κ3) is 5.46. The molecular weight excluding hydrogens is 473 g/mol. The second-order valence-corrected chi connectivity index (χ2v) is 8.86. The number of carbonyl (C=O) groups is 1. The third-order valence-corrected chi connectivity index (χ3v) is 6.02. The summed E-state index contributed by atoms with van der Waals surface area (Å²) < 4.78 is 44.6. The Morgan fingerprint density at radius 3 is 2.53 bits per heavy atom. The molecule has 1 saturated heterocycles. The van der Waals surface area contributed by atoms with Gasteiger partial charge in [-0.05, 0) is 57.5 Å². The zero-order valence-corrected chi connectivity index (χ0v) is 20.4. The molecule has 0 bridgehead atoms. The first kappa shape index (κ1) is 25.5. The summed E-state index contributed by atoms with van der Waals surface area (Å²) in [5.41, 5.74) is 1.50. The molecule has 11 heteroatoms. The van der Waals surface area contributed by atoms with Gasteiger partial charge in [0.25, 0.3) is 5.91 Å². The van der Waals surface area contributed by atoms with Crippen LogP contribution in [0.4, 0.5) is 19.0 Å². The Balaban J connectivity index is 1.63. The summed E-state index contributed by atoms with van der Waals surface area (Å²) in [5.74, 6) is 0.381. The largest absolute Gasteiger partial charge is 0.417 e. The normalized spacial score (nSPS) is 20.3. The number of carbonyl (C=O) groups excluding carboxylic acids is 1. The SMILES string of the molecule is Cc1cc(C)c(-c2ncccn2)c(C(=O)N2C[C@@H](C)O[C@@H](C)[C@H]2CNc2ccc(C(F)(F)F)cn2)n1. The molecule has 8 nitrogen and oxygen atoms in total. The summed E-state index contributed by atoms with van der Waals surface area (Å²) in [5, 5.41) is 3.05. The maximum absolute atomic E-state index is 14.0. The van der Waals surface area contributed by atoms with Crippen molar-refractivity contribution < 1.29 is 22.7 Å². The number of hydrogen-bond donors (Lipinski definition) is 1. The van der Waals surface area contributed by atoms with E-state index in [-0.39, 0.29) is 36.2 Å². The molecule has 3 aromatic rings. The van der Waals surface area contributed by atoms with E-state index in [0.717, 1.165) is 17.8 Å². The average Bonchev–Trinajstić information content (AvgIpc) is 2.82. The van der Waals surface area contributed by atoms with Crippen molar-refractivity contribution in [3.8, 4) is 11.4 Å². The van der Waals surface area contributed by atoms with Crippen molar-refractivity contribution in [3.63, 3.8) is 0 Å². The molecule has 1 aliphatic heterocycles. The fourth-order valence-corrected chi connectivity index (χ4v) is 4.39. The van der Waals surface area contributed by atoms with Crippen LogP contribution in [0.15, 0.2) is 42.9 Å². The highest BCUT2D eigenvalue weighted by atomic mass is 19.4. The van der Waals surface area contributed by atoms with Gasteiger partial charge in [0.05, 0.1) is 29.4 Å². The van der Waals surface area contributed by atoms with E-state index >= 15 is 0 Å². The number of amides is 1. The van der Waals surface area contributed by atoms with Crippen molar-refractivity contribution >= 4 is 11.7 Å². The summed E-state index contributed by atoms with van der Waals surface area (Å²) in [4.78, 5) is 32.7. The standard InChI is InChI=1S/C25H27F3N6O2/c1-14-10-15(2)33-22(21(14)23-29-8-5-9-30-23)24(35)34-13-16(3)36-17(4)19(34)12-32-20-7-6-18(11-31-20)25(26,27)28/h5-11,16-17,19H,12-13H2,1-4H3,(H,31,32)/t16-,17+,19-/m1/s1. The number of aromatic nitrogens is 4. The Labute approximate surface area is 207 Å². The molecule has 0 unspecified atom stereocenters. The van der Waals surface area contributed by atoms with Gasteiger partial charge in [0.1, 0.15) is 11.5 Å². The first-order valence-corrected chi connectivity index (χ1v) is 11.5. The van der Waals surface area contributed by atoms with Crippen LogP contribution in [0.1, 0.15) is 41.2 Å². The number of rotatable bonds is 5. The zero-order valence-electron chi connectivity index (χ0n) is 20.4. The van der Waals surface area contributed by atoms with E-state index < -0.39 is 17.8 Å². The monoisotopic (exact) mass is 500 g/mol. The molecule has 0 aromatic carbocycles. The Morgan fingerprint density at radius 1 is 1.17 bits per heavy atom. The first-order chi connectivity index (χ1) is 17.0. The summed E-state index contributed by atoms with van der Waals surface area (Å²) in [6.07, 6.45) is -1.03. The molecule has 0 aliphatic carbocycles. The molecule has 1 amide bonds.